The van der Waals surface area contributed by atoms with Crippen molar-refractivity contribution in [3.8, 4) is 0 Å². The Morgan fingerprint density at radius 1 is 0.897 bits per heavy atom. The van der Waals surface area contributed by atoms with Crippen LogP contribution in [0.1, 0.15) is 23.2 Å². The maximum absolute atomic E-state index is 13.1. The van der Waals surface area contributed by atoms with Crippen LogP contribution in [0.5, 0.6) is 0 Å². The van der Waals surface area contributed by atoms with Gasteiger partial charge in [-0.05, 0) is 61.4 Å². The highest BCUT2D eigenvalue weighted by molar-refractivity contribution is 8.00. The molecule has 29 heavy (non-hydrogen) atoms. The van der Waals surface area contributed by atoms with Crippen molar-refractivity contribution >= 4 is 50.9 Å². The molecule has 0 bridgehead atoms. The van der Waals surface area contributed by atoms with Gasteiger partial charge in [0.1, 0.15) is 0 Å². The number of carbonyl (C=O) groups excluding carboxylic acids is 1. The number of rotatable bonds is 3. The molecule has 4 rings (SSSR count). The monoisotopic (exact) mass is 470 g/mol. The van der Waals surface area contributed by atoms with Crippen LogP contribution in [-0.4, -0.2) is 53.8 Å². The molecule has 2 aromatic rings. The van der Waals surface area contributed by atoms with E-state index in [0.717, 1.165) is 5.75 Å². The summed E-state index contributed by atoms with van der Waals surface area (Å²) in [6, 6.07) is 13.1. The summed E-state index contributed by atoms with van der Waals surface area (Å²) in [6.45, 7) is 1.42. The lowest BCUT2D eigenvalue weighted by Gasteiger charge is -2.43. The molecule has 1 amide bonds. The van der Waals surface area contributed by atoms with Crippen LogP contribution < -0.4 is 0 Å². The summed E-state index contributed by atoms with van der Waals surface area (Å²) in [4.78, 5) is 14.9. The van der Waals surface area contributed by atoms with Gasteiger partial charge in [0, 0.05) is 41.0 Å². The first-order chi connectivity index (χ1) is 13.8. The number of hydrogen-bond acceptors (Lipinski definition) is 4. The minimum Gasteiger partial charge on any atom is -0.323 e. The van der Waals surface area contributed by atoms with Crippen molar-refractivity contribution in [3.63, 3.8) is 0 Å². The minimum atomic E-state index is -3.57. The molecule has 2 fully saturated rings. The number of hydrogen-bond donors (Lipinski definition) is 0. The van der Waals surface area contributed by atoms with E-state index in [4.69, 9.17) is 23.2 Å². The number of amides is 1. The highest BCUT2D eigenvalue weighted by Gasteiger charge is 2.48. The number of halogens is 2. The molecule has 0 atom stereocenters. The molecule has 9 heteroatoms. The molecule has 154 valence electrons. The third-order valence-electron chi connectivity index (χ3n) is 5.47. The molecule has 2 aliphatic heterocycles. The highest BCUT2D eigenvalue weighted by Crippen LogP contribution is 2.45. The lowest BCUT2D eigenvalue weighted by molar-refractivity contribution is 0.0605. The summed E-state index contributed by atoms with van der Waals surface area (Å²) in [5.41, 5.74) is 0.604. The molecule has 2 heterocycles. The van der Waals surface area contributed by atoms with Crippen molar-refractivity contribution < 1.29 is 13.2 Å². The standard InChI is InChI=1S/C20H20Cl2N2O3S2/c21-16-3-1-15(2-4-16)19(25)24-13-14-28-20(24)9-11-23(12-10-20)29(26,27)18-7-5-17(22)6-8-18/h1-8H,9-14H2. The average molecular weight is 471 g/mol. The fraction of sp³-hybridized carbons (Fsp3) is 0.350. The molecule has 0 radical (unpaired) electrons. The normalized spacial score (nSPS) is 19.6. The van der Waals surface area contributed by atoms with Gasteiger partial charge >= 0.3 is 0 Å². The van der Waals surface area contributed by atoms with Gasteiger partial charge < -0.3 is 4.90 Å². The number of carbonyl (C=O) groups is 1. The smallest absolute Gasteiger partial charge is 0.254 e. The molecule has 0 N–H and O–H groups in total. The van der Waals surface area contributed by atoms with Gasteiger partial charge in [-0.2, -0.15) is 4.31 Å². The zero-order chi connectivity index (χ0) is 20.6. The van der Waals surface area contributed by atoms with Gasteiger partial charge in [-0.25, -0.2) is 8.42 Å². The lowest BCUT2D eigenvalue weighted by Crippen LogP contribution is -2.53. The molecule has 1 spiro atoms. The van der Waals surface area contributed by atoms with Crippen molar-refractivity contribution in [1.82, 2.24) is 9.21 Å². The Labute approximate surface area is 185 Å². The first kappa shape index (κ1) is 21.0. The van der Waals surface area contributed by atoms with Crippen LogP contribution in [-0.2, 0) is 10.0 Å². The van der Waals surface area contributed by atoms with E-state index in [2.05, 4.69) is 0 Å². The Kier molecular flexibility index (Phi) is 5.88. The van der Waals surface area contributed by atoms with E-state index < -0.39 is 10.0 Å². The Morgan fingerprint density at radius 3 is 2.03 bits per heavy atom. The summed E-state index contributed by atoms with van der Waals surface area (Å²) in [5, 5.41) is 1.09. The average Bonchev–Trinajstić information content (AvgIpc) is 3.11. The van der Waals surface area contributed by atoms with Crippen LogP contribution in [0, 0.1) is 0 Å². The van der Waals surface area contributed by atoms with E-state index in [9.17, 15) is 13.2 Å². The quantitative estimate of drug-likeness (QED) is 0.668. The number of benzene rings is 2. The van der Waals surface area contributed by atoms with Crippen LogP contribution in [0.15, 0.2) is 53.4 Å². The second kappa shape index (κ2) is 8.12. The van der Waals surface area contributed by atoms with Gasteiger partial charge in [-0.3, -0.25) is 4.79 Å². The third-order valence-corrected chi connectivity index (χ3v) is 9.44. The van der Waals surface area contributed by atoms with E-state index >= 15 is 0 Å². The maximum Gasteiger partial charge on any atom is 0.254 e. The van der Waals surface area contributed by atoms with E-state index in [1.54, 1.807) is 48.2 Å². The van der Waals surface area contributed by atoms with Crippen molar-refractivity contribution in [1.29, 1.82) is 0 Å². The van der Waals surface area contributed by atoms with Gasteiger partial charge in [-0.15, -0.1) is 11.8 Å². The Morgan fingerprint density at radius 2 is 1.45 bits per heavy atom. The predicted molar refractivity (Wildman–Crippen MR) is 117 cm³/mol. The molecule has 0 unspecified atom stereocenters. The summed E-state index contributed by atoms with van der Waals surface area (Å²) < 4.78 is 27.4. The fourth-order valence-corrected chi connectivity index (χ4v) is 7.04. The van der Waals surface area contributed by atoms with E-state index in [1.807, 2.05) is 4.90 Å². The zero-order valence-electron chi connectivity index (χ0n) is 15.6. The molecule has 2 aromatic carbocycles. The fourth-order valence-electron chi connectivity index (χ4n) is 3.89. The Hall–Kier alpha value is -1.25. The molecule has 5 nitrogen and oxygen atoms in total. The molecular weight excluding hydrogens is 451 g/mol. The van der Waals surface area contributed by atoms with Crippen molar-refractivity contribution in [2.75, 3.05) is 25.4 Å². The zero-order valence-corrected chi connectivity index (χ0v) is 18.7. The summed E-state index contributed by atoms with van der Waals surface area (Å²) >= 11 is 13.6. The summed E-state index contributed by atoms with van der Waals surface area (Å²) in [6.07, 6.45) is 1.20. The molecule has 2 aliphatic rings. The van der Waals surface area contributed by atoms with Crippen LogP contribution >= 0.6 is 35.0 Å². The molecule has 0 aliphatic carbocycles. The number of piperidine rings is 1. The topological polar surface area (TPSA) is 57.7 Å². The maximum atomic E-state index is 13.1. The number of sulfonamides is 1. The van der Waals surface area contributed by atoms with Gasteiger partial charge in [0.15, 0.2) is 0 Å². The van der Waals surface area contributed by atoms with Crippen LogP contribution in [0.3, 0.4) is 0 Å². The molecule has 0 saturated carbocycles. The van der Waals surface area contributed by atoms with Crippen LogP contribution in [0.4, 0.5) is 0 Å². The molecular formula is C20H20Cl2N2O3S2. The Balaban J connectivity index is 1.50. The van der Waals surface area contributed by atoms with E-state index in [1.165, 1.54) is 16.4 Å². The van der Waals surface area contributed by atoms with Crippen LogP contribution in [0.2, 0.25) is 10.0 Å². The Bertz CT molecular complexity index is 1000. The van der Waals surface area contributed by atoms with Crippen molar-refractivity contribution in [3.05, 3.63) is 64.1 Å². The van der Waals surface area contributed by atoms with Gasteiger partial charge in [0.2, 0.25) is 10.0 Å². The number of nitrogens with zero attached hydrogens (tertiary/aromatic N) is 2. The second-order valence-corrected chi connectivity index (χ2v) is 11.4. The van der Waals surface area contributed by atoms with Gasteiger partial charge in [0.25, 0.3) is 5.91 Å². The van der Waals surface area contributed by atoms with Crippen molar-refractivity contribution in [2.45, 2.75) is 22.6 Å². The SMILES string of the molecule is O=C(c1ccc(Cl)cc1)N1CCSC12CCN(S(=O)(=O)c1ccc(Cl)cc1)CC2. The lowest BCUT2D eigenvalue weighted by atomic mass is 10.0. The van der Waals surface area contributed by atoms with Crippen molar-refractivity contribution in [2.24, 2.45) is 0 Å². The first-order valence-electron chi connectivity index (χ1n) is 9.29. The van der Waals surface area contributed by atoms with Gasteiger partial charge in [-0.1, -0.05) is 23.2 Å². The first-order valence-corrected chi connectivity index (χ1v) is 12.5. The summed E-state index contributed by atoms with van der Waals surface area (Å²) in [7, 11) is -3.57. The van der Waals surface area contributed by atoms with Gasteiger partial charge in [0.05, 0.1) is 9.77 Å². The molecule has 0 aromatic heterocycles. The largest absolute Gasteiger partial charge is 0.323 e. The molecule has 2 saturated heterocycles. The summed E-state index contributed by atoms with van der Waals surface area (Å²) in [5.74, 6) is 0.823. The third kappa shape index (κ3) is 4.03. The highest BCUT2D eigenvalue weighted by atomic mass is 35.5. The predicted octanol–water partition coefficient (Wildman–Crippen LogP) is 4.36. The van der Waals surface area contributed by atoms with E-state index in [-0.39, 0.29) is 15.7 Å². The minimum absolute atomic E-state index is 0.0272. The van der Waals surface area contributed by atoms with Crippen LogP contribution in [0.25, 0.3) is 0 Å². The van der Waals surface area contributed by atoms with E-state index in [0.29, 0.717) is 48.1 Å². The second-order valence-electron chi connectivity index (χ2n) is 7.12. The number of thioether (sulfide) groups is 1.